The Morgan fingerprint density at radius 2 is 1.35 bits per heavy atom. The van der Waals surface area contributed by atoms with Crippen LogP contribution in [0.2, 0.25) is 0 Å². The predicted molar refractivity (Wildman–Crippen MR) is 87.2 cm³/mol. The number of benzene rings is 2. The van der Waals surface area contributed by atoms with Crippen molar-refractivity contribution >= 4 is 22.7 Å². The van der Waals surface area contributed by atoms with E-state index in [4.69, 9.17) is 0 Å². The molecular weight excluding hydrogens is 375 g/mol. The van der Waals surface area contributed by atoms with Gasteiger partial charge >= 0.3 is 12.1 Å². The minimum absolute atomic E-state index is 0.0343. The molecule has 0 fully saturated rings. The maximum Gasteiger partial charge on any atom is 0.454 e. The highest BCUT2D eigenvalue weighted by molar-refractivity contribution is 8.13. The lowest BCUT2D eigenvalue weighted by molar-refractivity contribution is -0.296. The first-order valence-electron chi connectivity index (χ1n) is 7.42. The van der Waals surface area contributed by atoms with E-state index in [1.165, 1.54) is 48.5 Å². The molecule has 0 amide bonds. The molecule has 2 nitrogen and oxygen atoms in total. The molecular formula is C18H13F5O2S. The molecule has 8 heteroatoms. The van der Waals surface area contributed by atoms with Gasteiger partial charge in [0.2, 0.25) is 5.12 Å². The summed E-state index contributed by atoms with van der Waals surface area (Å²) in [6.45, 7) is 0. The fourth-order valence-electron chi connectivity index (χ4n) is 2.16. The number of rotatable bonds is 6. The lowest BCUT2D eigenvalue weighted by Crippen LogP contribution is -2.47. The molecule has 0 aliphatic rings. The molecule has 0 aliphatic carbocycles. The van der Waals surface area contributed by atoms with Crippen molar-refractivity contribution < 1.29 is 31.5 Å². The lowest BCUT2D eigenvalue weighted by atomic mass is 9.93. The van der Waals surface area contributed by atoms with Crippen LogP contribution in [0.15, 0.2) is 65.6 Å². The predicted octanol–water partition coefficient (Wildman–Crippen LogP) is 5.39. The molecule has 0 saturated carbocycles. The molecule has 2 aromatic carbocycles. The summed E-state index contributed by atoms with van der Waals surface area (Å²) in [6.07, 6.45) is -7.18. The number of carbonyl (C=O) groups excluding carboxylic acids is 2. The summed E-state index contributed by atoms with van der Waals surface area (Å²) in [6, 6.07) is 14.5. The zero-order chi connectivity index (χ0) is 19.4. The van der Waals surface area contributed by atoms with Crippen molar-refractivity contribution in [2.24, 2.45) is 5.92 Å². The Morgan fingerprint density at radius 1 is 0.846 bits per heavy atom. The van der Waals surface area contributed by atoms with Gasteiger partial charge in [0.05, 0.1) is 0 Å². The summed E-state index contributed by atoms with van der Waals surface area (Å²) < 4.78 is 66.3. The number of hydrogen-bond acceptors (Lipinski definition) is 3. The quantitative estimate of drug-likeness (QED) is 0.378. The van der Waals surface area contributed by atoms with Gasteiger partial charge in [-0.05, 0) is 12.1 Å². The molecule has 2 aromatic rings. The lowest BCUT2D eigenvalue weighted by Gasteiger charge is -2.27. The molecule has 0 spiro atoms. The highest BCUT2D eigenvalue weighted by Gasteiger charge is 2.64. The van der Waals surface area contributed by atoms with E-state index >= 15 is 0 Å². The number of alkyl halides is 5. The Balaban J connectivity index is 2.30. The van der Waals surface area contributed by atoms with Crippen LogP contribution in [0.25, 0.3) is 0 Å². The summed E-state index contributed by atoms with van der Waals surface area (Å²) in [4.78, 5) is 24.5. The van der Waals surface area contributed by atoms with Crippen molar-refractivity contribution in [2.45, 2.75) is 23.4 Å². The molecule has 26 heavy (non-hydrogen) atoms. The zero-order valence-electron chi connectivity index (χ0n) is 13.2. The molecule has 1 unspecified atom stereocenters. The number of carbonyl (C=O) groups is 2. The SMILES string of the molecule is O=C(CC(C(=O)Sc1ccccc1)C(F)(F)C(F)(F)F)c1ccccc1. The van der Waals surface area contributed by atoms with E-state index in [0.29, 0.717) is 0 Å². The van der Waals surface area contributed by atoms with Gasteiger partial charge in [-0.3, -0.25) is 9.59 Å². The maximum absolute atomic E-state index is 13.9. The number of Topliss-reactive ketones (excluding diaryl/α,β-unsaturated/α-hetero) is 1. The standard InChI is InChI=1S/C18H13F5O2S/c19-17(20,18(21,22)23)14(11-15(24)12-7-3-1-4-8-12)16(25)26-13-9-5-2-6-10-13/h1-10,14H,11H2. The van der Waals surface area contributed by atoms with Gasteiger partial charge in [0.1, 0.15) is 5.92 Å². The Hall–Kier alpha value is -2.22. The Kier molecular flexibility index (Phi) is 6.17. The van der Waals surface area contributed by atoms with Crippen LogP contribution >= 0.6 is 11.8 Å². The van der Waals surface area contributed by atoms with Crippen LogP contribution in [0.4, 0.5) is 22.0 Å². The normalized spacial score (nSPS) is 13.3. The van der Waals surface area contributed by atoms with Gasteiger partial charge in [-0.2, -0.15) is 22.0 Å². The molecule has 0 N–H and O–H groups in total. The van der Waals surface area contributed by atoms with Crippen molar-refractivity contribution in [3.05, 3.63) is 66.2 Å². The van der Waals surface area contributed by atoms with Gasteiger partial charge in [-0.1, -0.05) is 60.3 Å². The van der Waals surface area contributed by atoms with Crippen LogP contribution < -0.4 is 0 Å². The number of thioether (sulfide) groups is 1. The Labute approximate surface area is 150 Å². The van der Waals surface area contributed by atoms with Gasteiger partial charge in [-0.25, -0.2) is 0 Å². The van der Waals surface area contributed by atoms with E-state index in [-0.39, 0.29) is 22.2 Å². The molecule has 0 saturated heterocycles. The van der Waals surface area contributed by atoms with Crippen molar-refractivity contribution in [1.82, 2.24) is 0 Å². The summed E-state index contributed by atoms with van der Waals surface area (Å²) >= 11 is 0.261. The van der Waals surface area contributed by atoms with Crippen molar-refractivity contribution in [2.75, 3.05) is 0 Å². The summed E-state index contributed by atoms with van der Waals surface area (Å²) in [7, 11) is 0. The second-order valence-electron chi connectivity index (χ2n) is 5.40. The topological polar surface area (TPSA) is 34.1 Å². The first-order chi connectivity index (χ1) is 12.1. The molecule has 1 atom stereocenters. The van der Waals surface area contributed by atoms with Crippen molar-refractivity contribution in [3.8, 4) is 0 Å². The van der Waals surface area contributed by atoms with Crippen LogP contribution in [-0.4, -0.2) is 23.0 Å². The summed E-state index contributed by atoms with van der Waals surface area (Å²) in [5, 5.41) is -1.41. The van der Waals surface area contributed by atoms with Gasteiger partial charge in [0.25, 0.3) is 0 Å². The first-order valence-corrected chi connectivity index (χ1v) is 8.24. The van der Waals surface area contributed by atoms with E-state index in [0.717, 1.165) is 0 Å². The van der Waals surface area contributed by atoms with Gasteiger partial charge in [0, 0.05) is 16.9 Å². The minimum atomic E-state index is -5.94. The molecule has 0 radical (unpaired) electrons. The summed E-state index contributed by atoms with van der Waals surface area (Å²) in [5.41, 5.74) is -0.0343. The third kappa shape index (κ3) is 4.69. The largest absolute Gasteiger partial charge is 0.454 e. The molecule has 2 rings (SSSR count). The fraction of sp³-hybridized carbons (Fsp3) is 0.222. The number of ketones is 1. The molecule has 0 bridgehead atoms. The van der Waals surface area contributed by atoms with E-state index < -0.39 is 35.3 Å². The van der Waals surface area contributed by atoms with Crippen molar-refractivity contribution in [1.29, 1.82) is 0 Å². The second kappa shape index (κ2) is 7.99. The molecule has 0 heterocycles. The average Bonchev–Trinajstić information content (AvgIpc) is 2.59. The van der Waals surface area contributed by atoms with Crippen LogP contribution in [0, 0.1) is 5.92 Å². The third-order valence-corrected chi connectivity index (χ3v) is 4.54. The summed E-state index contributed by atoms with van der Waals surface area (Å²) in [5.74, 6) is -9.10. The zero-order valence-corrected chi connectivity index (χ0v) is 14.0. The van der Waals surface area contributed by atoms with Crippen LogP contribution in [0.5, 0.6) is 0 Å². The highest BCUT2D eigenvalue weighted by Crippen LogP contribution is 2.45. The maximum atomic E-state index is 13.9. The van der Waals surface area contributed by atoms with Gasteiger partial charge in [0.15, 0.2) is 5.78 Å². The van der Waals surface area contributed by atoms with E-state index in [9.17, 15) is 31.5 Å². The van der Waals surface area contributed by atoms with Crippen molar-refractivity contribution in [3.63, 3.8) is 0 Å². The molecule has 0 aliphatic heterocycles. The van der Waals surface area contributed by atoms with Crippen LogP contribution in [-0.2, 0) is 4.79 Å². The first kappa shape index (κ1) is 20.1. The van der Waals surface area contributed by atoms with Crippen LogP contribution in [0.1, 0.15) is 16.8 Å². The third-order valence-electron chi connectivity index (χ3n) is 3.55. The highest BCUT2D eigenvalue weighted by atomic mass is 32.2. The second-order valence-corrected chi connectivity index (χ2v) is 6.48. The van der Waals surface area contributed by atoms with E-state index in [1.54, 1.807) is 12.1 Å². The monoisotopic (exact) mass is 388 g/mol. The van der Waals surface area contributed by atoms with E-state index in [2.05, 4.69) is 0 Å². The molecule has 0 aromatic heterocycles. The Morgan fingerprint density at radius 3 is 1.85 bits per heavy atom. The number of hydrogen-bond donors (Lipinski definition) is 0. The van der Waals surface area contributed by atoms with Gasteiger partial charge in [-0.15, -0.1) is 0 Å². The van der Waals surface area contributed by atoms with Crippen LogP contribution in [0.3, 0.4) is 0 Å². The van der Waals surface area contributed by atoms with Gasteiger partial charge < -0.3 is 0 Å². The smallest absolute Gasteiger partial charge is 0.294 e. The van der Waals surface area contributed by atoms with E-state index in [1.807, 2.05) is 0 Å². The molecule has 138 valence electrons. The fourth-order valence-corrected chi connectivity index (χ4v) is 3.06. The number of halogens is 5. The Bertz CT molecular complexity index is 760. The minimum Gasteiger partial charge on any atom is -0.294 e. The average molecular weight is 388 g/mol.